The minimum absolute atomic E-state index is 0.0453. The van der Waals surface area contributed by atoms with Gasteiger partial charge in [-0.1, -0.05) is 30.2 Å². The molecule has 1 N–H and O–H groups in total. The number of nitrogens with zero attached hydrogens (tertiary/aromatic N) is 2. The Hall–Kier alpha value is -2.11. The van der Waals surface area contributed by atoms with E-state index in [-0.39, 0.29) is 11.9 Å². The van der Waals surface area contributed by atoms with Crippen LogP contribution in [0.4, 0.5) is 0 Å². The van der Waals surface area contributed by atoms with E-state index in [1.807, 2.05) is 42.1 Å². The minimum atomic E-state index is -0.323. The molecule has 2 heterocycles. The van der Waals surface area contributed by atoms with Crippen LogP contribution in [0, 0.1) is 0 Å². The van der Waals surface area contributed by atoms with Crippen molar-refractivity contribution >= 4 is 28.8 Å². The summed E-state index contributed by atoms with van der Waals surface area (Å²) in [5, 5.41) is 3.85. The van der Waals surface area contributed by atoms with Crippen LogP contribution in [0.15, 0.2) is 42.7 Å². The number of amides is 1. The Morgan fingerprint density at radius 3 is 2.74 bits per heavy atom. The van der Waals surface area contributed by atoms with Crippen LogP contribution in [0.3, 0.4) is 0 Å². The zero-order valence-corrected chi connectivity index (χ0v) is 16.8. The molecule has 0 aliphatic heterocycles. The quantitative estimate of drug-likeness (QED) is 0.632. The average Bonchev–Trinajstić information content (AvgIpc) is 3.21. The maximum Gasteiger partial charge on any atom is 0.262 e. The fourth-order valence-electron chi connectivity index (χ4n) is 3.59. The summed E-state index contributed by atoms with van der Waals surface area (Å²) in [6, 6.07) is 9.31. The van der Waals surface area contributed by atoms with E-state index in [2.05, 4.69) is 16.4 Å². The molecule has 0 bridgehead atoms. The van der Waals surface area contributed by atoms with Gasteiger partial charge >= 0.3 is 0 Å². The van der Waals surface area contributed by atoms with Crippen molar-refractivity contribution in [1.82, 2.24) is 14.9 Å². The highest BCUT2D eigenvalue weighted by atomic mass is 35.5. The first-order valence-corrected chi connectivity index (χ1v) is 10.5. The number of fused-ring (bicyclic) bond motifs is 1. The Bertz CT molecular complexity index is 921. The molecule has 140 valence electrons. The molecule has 1 aliphatic carbocycles. The monoisotopic (exact) mass is 399 g/mol. The number of carbonyl (C=O) groups is 1. The summed E-state index contributed by atoms with van der Waals surface area (Å²) in [7, 11) is 1.94. The van der Waals surface area contributed by atoms with Crippen molar-refractivity contribution in [3.8, 4) is 0 Å². The van der Waals surface area contributed by atoms with Crippen molar-refractivity contribution in [3.05, 3.63) is 74.5 Å². The van der Waals surface area contributed by atoms with Crippen LogP contribution in [0.5, 0.6) is 0 Å². The molecule has 1 atom stereocenters. The van der Waals surface area contributed by atoms with E-state index >= 15 is 0 Å². The van der Waals surface area contributed by atoms with Crippen molar-refractivity contribution < 1.29 is 4.79 Å². The molecule has 1 amide bonds. The molecular formula is C21H22ClN3OS. The topological polar surface area (TPSA) is 46.9 Å². The van der Waals surface area contributed by atoms with Crippen molar-refractivity contribution in [2.75, 3.05) is 0 Å². The number of hydrogen-bond acceptors (Lipinski definition) is 3. The summed E-state index contributed by atoms with van der Waals surface area (Å²) in [4.78, 5) is 19.7. The predicted molar refractivity (Wildman–Crippen MR) is 110 cm³/mol. The molecule has 2 aromatic heterocycles. The molecule has 3 aromatic rings. The Kier molecular flexibility index (Phi) is 5.32. The fraction of sp³-hybridized carbons (Fsp3) is 0.333. The van der Waals surface area contributed by atoms with Crippen LogP contribution in [-0.4, -0.2) is 15.5 Å². The lowest BCUT2D eigenvalue weighted by molar-refractivity contribution is 0.0945. The second-order valence-electron chi connectivity index (χ2n) is 6.97. The van der Waals surface area contributed by atoms with Crippen LogP contribution >= 0.6 is 22.9 Å². The lowest BCUT2D eigenvalue weighted by atomic mass is 10.1. The number of hydrogen-bond donors (Lipinski definition) is 1. The number of carbonyl (C=O) groups excluding carboxylic acids is 1. The standard InChI is InChI=1S/C21H22ClN3OS/c1-25-12-11-23-20(25)19(14-7-9-16(22)10-8-14)24-21(26)18-13-15-5-3-2-4-6-17(15)27-18/h7-13,19H,2-6H2,1H3,(H,24,26)/t19-/m1/s1. The van der Waals surface area contributed by atoms with E-state index in [0.717, 1.165) is 29.1 Å². The van der Waals surface area contributed by atoms with E-state index in [4.69, 9.17) is 11.6 Å². The highest BCUT2D eigenvalue weighted by Gasteiger charge is 2.23. The third kappa shape index (κ3) is 3.94. The Morgan fingerprint density at radius 1 is 1.22 bits per heavy atom. The third-order valence-corrected chi connectivity index (χ3v) is 6.55. The van der Waals surface area contributed by atoms with Gasteiger partial charge in [-0.15, -0.1) is 11.3 Å². The van der Waals surface area contributed by atoms with Crippen LogP contribution < -0.4 is 5.32 Å². The second kappa shape index (κ2) is 7.87. The molecule has 1 aliphatic rings. The van der Waals surface area contributed by atoms with Gasteiger partial charge in [0.25, 0.3) is 5.91 Å². The SMILES string of the molecule is Cn1ccnc1[C@H](NC(=O)c1cc2c(s1)CCCCC2)c1ccc(Cl)cc1. The van der Waals surface area contributed by atoms with E-state index in [9.17, 15) is 4.79 Å². The minimum Gasteiger partial charge on any atom is -0.337 e. The van der Waals surface area contributed by atoms with Gasteiger partial charge in [0, 0.05) is 29.3 Å². The number of benzene rings is 1. The lowest BCUT2D eigenvalue weighted by Crippen LogP contribution is -2.30. The molecule has 0 saturated carbocycles. The van der Waals surface area contributed by atoms with Crippen LogP contribution in [0.2, 0.25) is 5.02 Å². The van der Waals surface area contributed by atoms with Gasteiger partial charge in [0.2, 0.25) is 0 Å². The normalized spacial score (nSPS) is 15.0. The Balaban J connectivity index is 1.62. The summed E-state index contributed by atoms with van der Waals surface area (Å²) in [6.45, 7) is 0. The highest BCUT2D eigenvalue weighted by Crippen LogP contribution is 2.30. The number of aromatic nitrogens is 2. The summed E-state index contributed by atoms with van der Waals surface area (Å²) in [5.74, 6) is 0.750. The van der Waals surface area contributed by atoms with E-state index in [0.29, 0.717) is 5.02 Å². The first kappa shape index (κ1) is 18.3. The first-order valence-electron chi connectivity index (χ1n) is 9.27. The average molecular weight is 400 g/mol. The number of nitrogens with one attached hydrogen (secondary N) is 1. The maximum atomic E-state index is 13.0. The predicted octanol–water partition coefficient (Wildman–Crippen LogP) is 4.92. The summed E-state index contributed by atoms with van der Waals surface area (Å²) in [5.41, 5.74) is 2.31. The van der Waals surface area contributed by atoms with Gasteiger partial charge in [0.05, 0.1) is 4.88 Å². The smallest absolute Gasteiger partial charge is 0.262 e. The van der Waals surface area contributed by atoms with Gasteiger partial charge in [-0.25, -0.2) is 4.98 Å². The Labute approximate surface area is 168 Å². The zero-order valence-electron chi connectivity index (χ0n) is 15.2. The molecule has 4 rings (SSSR count). The molecule has 0 spiro atoms. The van der Waals surface area contributed by atoms with Gasteiger partial charge < -0.3 is 9.88 Å². The largest absolute Gasteiger partial charge is 0.337 e. The summed E-state index contributed by atoms with van der Waals surface area (Å²) in [6.07, 6.45) is 9.52. The number of halogens is 1. The van der Waals surface area contributed by atoms with Crippen molar-refractivity contribution in [2.24, 2.45) is 7.05 Å². The Morgan fingerprint density at radius 2 is 2.00 bits per heavy atom. The third-order valence-electron chi connectivity index (χ3n) is 5.07. The van der Waals surface area contributed by atoms with Gasteiger partial charge in [-0.2, -0.15) is 0 Å². The molecule has 0 unspecified atom stereocenters. The van der Waals surface area contributed by atoms with E-state index in [1.54, 1.807) is 17.5 Å². The highest BCUT2D eigenvalue weighted by molar-refractivity contribution is 7.14. The number of rotatable bonds is 4. The van der Waals surface area contributed by atoms with Gasteiger partial charge in [0.1, 0.15) is 11.9 Å². The summed E-state index contributed by atoms with van der Waals surface area (Å²) >= 11 is 7.68. The second-order valence-corrected chi connectivity index (χ2v) is 8.55. The van der Waals surface area contributed by atoms with Gasteiger partial charge in [-0.05, 0) is 55.0 Å². The van der Waals surface area contributed by atoms with Crippen molar-refractivity contribution in [1.29, 1.82) is 0 Å². The van der Waals surface area contributed by atoms with E-state index in [1.165, 1.54) is 29.7 Å². The first-order chi connectivity index (χ1) is 13.1. The van der Waals surface area contributed by atoms with Crippen LogP contribution in [0.25, 0.3) is 0 Å². The molecule has 1 aromatic carbocycles. The molecule has 0 fully saturated rings. The zero-order chi connectivity index (χ0) is 18.8. The van der Waals surface area contributed by atoms with Crippen LogP contribution in [0.1, 0.15) is 56.8 Å². The molecule has 4 nitrogen and oxygen atoms in total. The van der Waals surface area contributed by atoms with E-state index < -0.39 is 0 Å². The molecular weight excluding hydrogens is 378 g/mol. The lowest BCUT2D eigenvalue weighted by Gasteiger charge is -2.19. The number of imidazole rings is 1. The van der Waals surface area contributed by atoms with Crippen molar-refractivity contribution in [3.63, 3.8) is 0 Å². The number of thiophene rings is 1. The fourth-order valence-corrected chi connectivity index (χ4v) is 4.87. The molecule has 6 heteroatoms. The molecule has 0 radical (unpaired) electrons. The molecule has 27 heavy (non-hydrogen) atoms. The molecule has 0 saturated heterocycles. The van der Waals surface area contributed by atoms with Crippen LogP contribution in [-0.2, 0) is 19.9 Å². The van der Waals surface area contributed by atoms with Gasteiger partial charge in [-0.3, -0.25) is 4.79 Å². The maximum absolute atomic E-state index is 13.0. The van der Waals surface area contributed by atoms with Crippen molar-refractivity contribution in [2.45, 2.75) is 38.1 Å². The van der Waals surface area contributed by atoms with Gasteiger partial charge in [0.15, 0.2) is 0 Å². The summed E-state index contributed by atoms with van der Waals surface area (Å²) < 4.78 is 1.93. The number of aryl methyl sites for hydroxylation is 3.